The van der Waals surface area contributed by atoms with Crippen molar-refractivity contribution in [1.29, 1.82) is 0 Å². The summed E-state index contributed by atoms with van der Waals surface area (Å²) in [5.74, 6) is -3.94. The average molecular weight is 577 g/mol. The Bertz CT molecular complexity index is 1540. The molecule has 1 aliphatic carbocycles. The molecular formula is C36H36N2O5. The molecule has 0 aliphatic heterocycles. The van der Waals surface area contributed by atoms with Crippen molar-refractivity contribution in [3.63, 3.8) is 0 Å². The van der Waals surface area contributed by atoms with Gasteiger partial charge in [0.2, 0.25) is 0 Å². The Hall–Kier alpha value is -4.75. The molecule has 4 atom stereocenters. The van der Waals surface area contributed by atoms with Crippen LogP contribution in [0.1, 0.15) is 41.5 Å². The van der Waals surface area contributed by atoms with Crippen LogP contribution < -0.4 is 5.43 Å². The molecule has 0 heterocycles. The first-order valence-electron chi connectivity index (χ1n) is 14.4. The SMILES string of the molecule is Cc1ccc([C@@H]2[C@H](C(=O)OCc3ccccc3)/C(=N\Nc3ccccc3)C[C@](C)(O)[C@@H]2C(=O)OCc2ccccc2)cc1. The molecule has 0 spiro atoms. The van der Waals surface area contributed by atoms with Crippen LogP contribution in [0.3, 0.4) is 0 Å². The fraction of sp³-hybridized carbons (Fsp3) is 0.250. The van der Waals surface area contributed by atoms with Crippen molar-refractivity contribution in [3.05, 3.63) is 138 Å². The van der Waals surface area contributed by atoms with Gasteiger partial charge in [0.15, 0.2) is 0 Å². The number of hydrazone groups is 1. The van der Waals surface area contributed by atoms with Crippen molar-refractivity contribution >= 4 is 23.3 Å². The van der Waals surface area contributed by atoms with Gasteiger partial charge in [-0.3, -0.25) is 15.0 Å². The van der Waals surface area contributed by atoms with Crippen LogP contribution in [0.15, 0.2) is 120 Å². The van der Waals surface area contributed by atoms with Crippen LogP contribution in [0.4, 0.5) is 5.69 Å². The molecule has 0 saturated heterocycles. The van der Waals surface area contributed by atoms with Crippen LogP contribution >= 0.6 is 0 Å². The molecule has 7 heteroatoms. The number of nitrogens with one attached hydrogen (secondary N) is 1. The Labute approximate surface area is 252 Å². The number of carbonyl (C=O) groups is 2. The molecule has 4 aromatic carbocycles. The van der Waals surface area contributed by atoms with Gasteiger partial charge in [-0.25, -0.2) is 0 Å². The van der Waals surface area contributed by atoms with Crippen molar-refractivity contribution in [3.8, 4) is 0 Å². The first-order valence-corrected chi connectivity index (χ1v) is 14.4. The van der Waals surface area contributed by atoms with E-state index in [1.807, 2.05) is 122 Å². The highest BCUT2D eigenvalue weighted by Crippen LogP contribution is 2.47. The van der Waals surface area contributed by atoms with Crippen LogP contribution in [0.5, 0.6) is 0 Å². The van der Waals surface area contributed by atoms with Gasteiger partial charge in [-0.2, -0.15) is 5.10 Å². The third-order valence-corrected chi connectivity index (χ3v) is 7.81. The molecule has 0 radical (unpaired) electrons. The van der Waals surface area contributed by atoms with Gasteiger partial charge in [-0.15, -0.1) is 0 Å². The molecule has 220 valence electrons. The maximum atomic E-state index is 14.0. The van der Waals surface area contributed by atoms with Crippen LogP contribution in [0.25, 0.3) is 0 Å². The molecule has 7 nitrogen and oxygen atoms in total. The number of para-hydroxylation sites is 1. The molecule has 0 bridgehead atoms. The van der Waals surface area contributed by atoms with Crippen molar-refractivity contribution < 1.29 is 24.2 Å². The van der Waals surface area contributed by atoms with Gasteiger partial charge in [-0.05, 0) is 42.7 Å². The van der Waals surface area contributed by atoms with E-state index in [0.29, 0.717) is 11.3 Å². The predicted molar refractivity (Wildman–Crippen MR) is 166 cm³/mol. The zero-order valence-corrected chi connectivity index (χ0v) is 24.4. The van der Waals surface area contributed by atoms with Crippen molar-refractivity contribution in [1.82, 2.24) is 0 Å². The quantitative estimate of drug-likeness (QED) is 0.176. The first-order chi connectivity index (χ1) is 20.8. The highest BCUT2D eigenvalue weighted by Gasteiger charge is 2.56. The summed E-state index contributed by atoms with van der Waals surface area (Å²) in [5.41, 5.74) is 5.98. The van der Waals surface area contributed by atoms with Crippen LogP contribution in [-0.2, 0) is 32.3 Å². The number of aryl methyl sites for hydroxylation is 1. The maximum Gasteiger partial charge on any atom is 0.315 e. The Balaban J connectivity index is 1.54. The number of esters is 2. The Morgan fingerprint density at radius 1 is 0.791 bits per heavy atom. The highest BCUT2D eigenvalue weighted by atomic mass is 16.5. The Kier molecular flexibility index (Phi) is 9.32. The van der Waals surface area contributed by atoms with Gasteiger partial charge < -0.3 is 14.6 Å². The lowest BCUT2D eigenvalue weighted by molar-refractivity contribution is -0.165. The number of ether oxygens (including phenoxy) is 2. The van der Waals surface area contributed by atoms with E-state index in [0.717, 1.165) is 22.4 Å². The topological polar surface area (TPSA) is 97.2 Å². The summed E-state index contributed by atoms with van der Waals surface area (Å²) in [6.45, 7) is 3.68. The normalized spacial score (nSPS) is 22.5. The van der Waals surface area contributed by atoms with Crippen LogP contribution in [-0.4, -0.2) is 28.4 Å². The molecular weight excluding hydrogens is 540 g/mol. The van der Waals surface area contributed by atoms with Gasteiger partial charge in [0.05, 0.1) is 22.9 Å². The molecule has 1 aliphatic rings. The molecule has 0 unspecified atom stereocenters. The number of rotatable bonds is 9. The van der Waals surface area contributed by atoms with Gasteiger partial charge in [0.25, 0.3) is 0 Å². The van der Waals surface area contributed by atoms with E-state index < -0.39 is 35.3 Å². The molecule has 0 amide bonds. The number of carbonyl (C=O) groups excluding carboxylic acids is 2. The third kappa shape index (κ3) is 7.37. The molecule has 2 N–H and O–H groups in total. The fourth-order valence-electron chi connectivity index (χ4n) is 5.62. The average Bonchev–Trinajstić information content (AvgIpc) is 3.02. The number of aliphatic hydroxyl groups is 1. The summed E-state index contributed by atoms with van der Waals surface area (Å²) in [5, 5.41) is 16.5. The van der Waals surface area contributed by atoms with E-state index in [-0.39, 0.29) is 19.6 Å². The minimum atomic E-state index is -1.57. The van der Waals surface area contributed by atoms with Crippen molar-refractivity contribution in [2.75, 3.05) is 5.43 Å². The zero-order chi connectivity index (χ0) is 30.2. The van der Waals surface area contributed by atoms with Crippen molar-refractivity contribution in [2.45, 2.75) is 45.0 Å². The smallest absolute Gasteiger partial charge is 0.315 e. The summed E-state index contributed by atoms with van der Waals surface area (Å²) in [6.07, 6.45) is -0.0363. The van der Waals surface area contributed by atoms with Gasteiger partial charge in [-0.1, -0.05) is 109 Å². The summed E-state index contributed by atoms with van der Waals surface area (Å²) in [6, 6.07) is 35.8. The molecule has 0 aromatic heterocycles. The standard InChI is InChI=1S/C36H36N2O5/c1-25-18-20-28(21-19-25)31-32(34(39)42-23-26-12-6-3-7-13-26)30(38-37-29-16-10-5-11-17-29)22-36(2,41)33(31)35(40)43-24-27-14-8-4-9-15-27/h3-21,31-33,37,41H,22-24H2,1-2H3/b38-30-/t31-,32-,33+,36+/m1/s1. The van der Waals surface area contributed by atoms with E-state index in [1.165, 1.54) is 0 Å². The number of hydrogen-bond donors (Lipinski definition) is 2. The zero-order valence-electron chi connectivity index (χ0n) is 24.4. The van der Waals surface area contributed by atoms with E-state index in [2.05, 4.69) is 10.5 Å². The van der Waals surface area contributed by atoms with E-state index in [4.69, 9.17) is 9.47 Å². The summed E-state index contributed by atoms with van der Waals surface area (Å²) in [4.78, 5) is 27.9. The second kappa shape index (κ2) is 13.5. The molecule has 1 saturated carbocycles. The fourth-order valence-corrected chi connectivity index (χ4v) is 5.62. The van der Waals surface area contributed by atoms with E-state index >= 15 is 0 Å². The lowest BCUT2D eigenvalue weighted by Gasteiger charge is -2.45. The minimum absolute atomic E-state index is 0.0363. The van der Waals surface area contributed by atoms with E-state index in [9.17, 15) is 14.7 Å². The minimum Gasteiger partial charge on any atom is -0.461 e. The highest BCUT2D eigenvalue weighted by molar-refractivity contribution is 6.06. The Morgan fingerprint density at radius 2 is 1.30 bits per heavy atom. The Morgan fingerprint density at radius 3 is 1.86 bits per heavy atom. The van der Waals surface area contributed by atoms with Gasteiger partial charge in [0.1, 0.15) is 19.1 Å². The maximum absolute atomic E-state index is 14.0. The van der Waals surface area contributed by atoms with Crippen LogP contribution in [0.2, 0.25) is 0 Å². The number of nitrogens with zero attached hydrogens (tertiary/aromatic N) is 1. The van der Waals surface area contributed by atoms with Crippen molar-refractivity contribution in [2.24, 2.45) is 16.9 Å². The first kappa shape index (κ1) is 29.7. The monoisotopic (exact) mass is 576 g/mol. The number of anilines is 1. The molecule has 4 aromatic rings. The number of hydrogen-bond acceptors (Lipinski definition) is 7. The second-order valence-corrected chi connectivity index (χ2v) is 11.2. The molecule has 43 heavy (non-hydrogen) atoms. The lowest BCUT2D eigenvalue weighted by atomic mass is 9.61. The third-order valence-electron chi connectivity index (χ3n) is 7.81. The molecule has 1 fully saturated rings. The van der Waals surface area contributed by atoms with E-state index in [1.54, 1.807) is 6.92 Å². The predicted octanol–water partition coefficient (Wildman–Crippen LogP) is 6.42. The largest absolute Gasteiger partial charge is 0.461 e. The summed E-state index contributed by atoms with van der Waals surface area (Å²) < 4.78 is 11.7. The van der Waals surface area contributed by atoms with Gasteiger partial charge in [0, 0.05) is 12.3 Å². The summed E-state index contributed by atoms with van der Waals surface area (Å²) in [7, 11) is 0. The van der Waals surface area contributed by atoms with Crippen LogP contribution in [0, 0.1) is 18.8 Å². The summed E-state index contributed by atoms with van der Waals surface area (Å²) >= 11 is 0. The second-order valence-electron chi connectivity index (χ2n) is 11.2. The number of benzene rings is 4. The lowest BCUT2D eigenvalue weighted by Crippen LogP contribution is -2.55. The molecule has 5 rings (SSSR count). The van der Waals surface area contributed by atoms with Gasteiger partial charge >= 0.3 is 11.9 Å².